The molecule has 1 heterocycles. The largest absolute Gasteiger partial charge is 0.359 e. The fraction of sp³-hybridized carbons (Fsp3) is 0.150. The van der Waals surface area contributed by atoms with E-state index in [1.54, 1.807) is 41.9 Å². The lowest BCUT2D eigenvalue weighted by atomic mass is 10.1. The third kappa shape index (κ3) is 4.23. The van der Waals surface area contributed by atoms with Gasteiger partial charge in [-0.15, -0.1) is 0 Å². The maximum Gasteiger partial charge on any atom is 0.274 e. The number of thioether (sulfide) groups is 1. The molecule has 0 aliphatic heterocycles. The summed E-state index contributed by atoms with van der Waals surface area (Å²) in [7, 11) is 1.56. The van der Waals surface area contributed by atoms with Crippen LogP contribution in [0.4, 0.5) is 10.1 Å². The van der Waals surface area contributed by atoms with Crippen LogP contribution in [0.15, 0.2) is 59.9 Å². The molecule has 28 heavy (non-hydrogen) atoms. The highest BCUT2D eigenvalue weighted by Crippen LogP contribution is 2.24. The fourth-order valence-corrected chi connectivity index (χ4v) is 3.27. The molecule has 0 saturated heterocycles. The number of hydrogen-bond donors (Lipinski definition) is 2. The molecule has 0 aliphatic rings. The van der Waals surface area contributed by atoms with Crippen LogP contribution in [0.25, 0.3) is 5.69 Å². The van der Waals surface area contributed by atoms with Crippen molar-refractivity contribution in [3.8, 4) is 5.69 Å². The van der Waals surface area contributed by atoms with Crippen LogP contribution in [-0.4, -0.2) is 34.7 Å². The molecule has 2 aromatic carbocycles. The van der Waals surface area contributed by atoms with Gasteiger partial charge in [-0.25, -0.2) is 9.37 Å². The predicted molar refractivity (Wildman–Crippen MR) is 107 cm³/mol. The summed E-state index contributed by atoms with van der Waals surface area (Å²) in [6.45, 7) is 0. The summed E-state index contributed by atoms with van der Waals surface area (Å²) in [6, 6.07) is 13.0. The molecule has 0 spiro atoms. The third-order valence-corrected chi connectivity index (χ3v) is 4.78. The van der Waals surface area contributed by atoms with Crippen molar-refractivity contribution in [2.75, 3.05) is 18.6 Å². The number of para-hydroxylation sites is 1. The van der Waals surface area contributed by atoms with Crippen molar-refractivity contribution in [3.63, 3.8) is 0 Å². The van der Waals surface area contributed by atoms with Gasteiger partial charge in [-0.2, -0.15) is 0 Å². The number of nitrogens with one attached hydrogen (secondary N) is 2. The van der Waals surface area contributed by atoms with Gasteiger partial charge >= 0.3 is 0 Å². The lowest BCUT2D eigenvalue weighted by Gasteiger charge is -2.13. The van der Waals surface area contributed by atoms with E-state index >= 15 is 0 Å². The van der Waals surface area contributed by atoms with E-state index in [0.717, 1.165) is 0 Å². The molecule has 0 radical (unpaired) electrons. The van der Waals surface area contributed by atoms with Gasteiger partial charge < -0.3 is 10.6 Å². The normalized spacial score (nSPS) is 10.5. The van der Waals surface area contributed by atoms with Crippen LogP contribution >= 0.6 is 11.8 Å². The minimum Gasteiger partial charge on any atom is -0.359 e. The summed E-state index contributed by atoms with van der Waals surface area (Å²) in [5.74, 6) is -0.882. The smallest absolute Gasteiger partial charge is 0.274 e. The van der Waals surface area contributed by atoms with Crippen molar-refractivity contribution < 1.29 is 14.0 Å². The summed E-state index contributed by atoms with van der Waals surface area (Å²) in [6.07, 6.45) is 3.48. The molecule has 2 N–H and O–H groups in total. The highest BCUT2D eigenvalue weighted by atomic mass is 32.2. The number of hydrogen-bond acceptors (Lipinski definition) is 4. The molecule has 3 aromatic rings. The standard InChI is InChI=1S/C20H19FN4O2S/c1-22-18(26)11-13-5-3-4-6-16(13)24-19(27)17-12-23-20(28-2)25(17)15-9-7-14(21)8-10-15/h3-10,12H,11H2,1-2H3,(H,22,26)(H,24,27). The Labute approximate surface area is 166 Å². The Hall–Kier alpha value is -3.13. The molecule has 0 aliphatic carbocycles. The number of anilines is 1. The number of carbonyl (C=O) groups is 2. The van der Waals surface area contributed by atoms with E-state index in [0.29, 0.717) is 27.8 Å². The molecule has 6 nitrogen and oxygen atoms in total. The summed E-state index contributed by atoms with van der Waals surface area (Å²) in [5, 5.41) is 6.03. The van der Waals surface area contributed by atoms with Crippen molar-refractivity contribution in [1.82, 2.24) is 14.9 Å². The number of carbonyl (C=O) groups excluding carboxylic acids is 2. The lowest BCUT2D eigenvalue weighted by Crippen LogP contribution is -2.22. The predicted octanol–water partition coefficient (Wildman–Crippen LogP) is 3.27. The molecular weight excluding hydrogens is 379 g/mol. The van der Waals surface area contributed by atoms with Gasteiger partial charge in [-0.3, -0.25) is 14.2 Å². The molecule has 0 bridgehead atoms. The number of likely N-dealkylation sites (N-methyl/N-ethyl adjacent to an activating group) is 1. The third-order valence-electron chi connectivity index (χ3n) is 4.12. The van der Waals surface area contributed by atoms with Crippen LogP contribution in [0.1, 0.15) is 16.1 Å². The Balaban J connectivity index is 1.93. The zero-order valence-electron chi connectivity index (χ0n) is 15.4. The van der Waals surface area contributed by atoms with E-state index in [1.807, 2.05) is 12.3 Å². The van der Waals surface area contributed by atoms with Gasteiger partial charge in [0.25, 0.3) is 5.91 Å². The van der Waals surface area contributed by atoms with Crippen LogP contribution in [0.3, 0.4) is 0 Å². The van der Waals surface area contributed by atoms with E-state index in [9.17, 15) is 14.0 Å². The Morgan fingerprint density at radius 3 is 2.54 bits per heavy atom. The molecule has 0 atom stereocenters. The van der Waals surface area contributed by atoms with Gasteiger partial charge in [0.05, 0.1) is 12.6 Å². The average molecular weight is 398 g/mol. The molecular formula is C20H19FN4O2S. The highest BCUT2D eigenvalue weighted by Gasteiger charge is 2.19. The van der Waals surface area contributed by atoms with Crippen LogP contribution in [0, 0.1) is 5.82 Å². The molecule has 3 rings (SSSR count). The van der Waals surface area contributed by atoms with E-state index in [2.05, 4.69) is 15.6 Å². The number of imidazole rings is 1. The Kier molecular flexibility index (Phi) is 6.10. The van der Waals surface area contributed by atoms with Crippen molar-refractivity contribution in [1.29, 1.82) is 0 Å². The number of rotatable bonds is 6. The van der Waals surface area contributed by atoms with E-state index < -0.39 is 0 Å². The van der Waals surface area contributed by atoms with Crippen LogP contribution in [-0.2, 0) is 11.2 Å². The van der Waals surface area contributed by atoms with Gasteiger partial charge in [-0.1, -0.05) is 30.0 Å². The van der Waals surface area contributed by atoms with Crippen molar-refractivity contribution in [3.05, 3.63) is 71.8 Å². The van der Waals surface area contributed by atoms with Gasteiger partial charge in [0, 0.05) is 18.4 Å². The van der Waals surface area contributed by atoms with Crippen LogP contribution in [0.2, 0.25) is 0 Å². The Bertz CT molecular complexity index is 1000. The van der Waals surface area contributed by atoms with Gasteiger partial charge in [0.15, 0.2) is 5.16 Å². The second kappa shape index (κ2) is 8.71. The van der Waals surface area contributed by atoms with Crippen molar-refractivity contribution in [2.24, 2.45) is 0 Å². The zero-order valence-corrected chi connectivity index (χ0v) is 16.2. The number of halogens is 1. The number of amides is 2. The molecule has 144 valence electrons. The fourth-order valence-electron chi connectivity index (χ4n) is 2.72. The molecule has 0 unspecified atom stereocenters. The lowest BCUT2D eigenvalue weighted by molar-refractivity contribution is -0.119. The SMILES string of the molecule is CNC(=O)Cc1ccccc1NC(=O)c1cnc(SC)n1-c1ccc(F)cc1. The van der Waals surface area contributed by atoms with Gasteiger partial charge in [-0.05, 0) is 42.2 Å². The zero-order chi connectivity index (χ0) is 20.1. The first kappa shape index (κ1) is 19.6. The second-order valence-corrected chi connectivity index (χ2v) is 6.68. The molecule has 1 aromatic heterocycles. The van der Waals surface area contributed by atoms with E-state index in [4.69, 9.17) is 0 Å². The van der Waals surface area contributed by atoms with E-state index in [-0.39, 0.29) is 24.1 Å². The first-order valence-corrected chi connectivity index (χ1v) is 9.73. The van der Waals surface area contributed by atoms with Crippen molar-refractivity contribution >= 4 is 29.3 Å². The van der Waals surface area contributed by atoms with Gasteiger partial charge in [0.1, 0.15) is 11.5 Å². The van der Waals surface area contributed by atoms with Gasteiger partial charge in [0.2, 0.25) is 5.91 Å². The Morgan fingerprint density at radius 2 is 1.86 bits per heavy atom. The maximum absolute atomic E-state index is 13.3. The topological polar surface area (TPSA) is 76.0 Å². The first-order valence-electron chi connectivity index (χ1n) is 8.51. The summed E-state index contributed by atoms with van der Waals surface area (Å²) < 4.78 is 15.0. The van der Waals surface area contributed by atoms with Crippen molar-refractivity contribution in [2.45, 2.75) is 11.6 Å². The van der Waals surface area contributed by atoms with Crippen LogP contribution < -0.4 is 10.6 Å². The van der Waals surface area contributed by atoms with Crippen LogP contribution in [0.5, 0.6) is 0 Å². The summed E-state index contributed by atoms with van der Waals surface area (Å²) in [5.41, 5.74) is 2.19. The molecule has 0 saturated carbocycles. The summed E-state index contributed by atoms with van der Waals surface area (Å²) in [4.78, 5) is 29.0. The number of benzene rings is 2. The van der Waals surface area contributed by atoms with E-state index in [1.165, 1.54) is 30.1 Å². The molecule has 8 heteroatoms. The molecule has 0 fully saturated rings. The summed E-state index contributed by atoms with van der Waals surface area (Å²) >= 11 is 1.38. The second-order valence-electron chi connectivity index (χ2n) is 5.90. The number of aromatic nitrogens is 2. The molecule has 2 amide bonds. The maximum atomic E-state index is 13.3. The quantitative estimate of drug-likeness (QED) is 0.625. The Morgan fingerprint density at radius 1 is 1.14 bits per heavy atom. The minimum absolute atomic E-state index is 0.150. The monoisotopic (exact) mass is 398 g/mol. The number of nitrogens with zero attached hydrogens (tertiary/aromatic N) is 2. The minimum atomic E-state index is -0.374. The highest BCUT2D eigenvalue weighted by molar-refractivity contribution is 7.98. The first-order chi connectivity index (χ1) is 13.5. The average Bonchev–Trinajstić information content (AvgIpc) is 3.14.